The van der Waals surface area contributed by atoms with Crippen molar-refractivity contribution in [2.24, 2.45) is 0 Å². The Balaban J connectivity index is 3.43. The Hall–Kier alpha value is -1.19. The molecule has 1 rings (SSSR count). The highest BCUT2D eigenvalue weighted by atomic mass is 19.1. The third-order valence-corrected chi connectivity index (χ3v) is 1.13. The third kappa shape index (κ3) is 1.05. The minimum absolute atomic E-state index is 0.0476. The van der Waals surface area contributed by atoms with Gasteiger partial charge in [-0.1, -0.05) is 0 Å². The van der Waals surface area contributed by atoms with Gasteiger partial charge in [-0.25, -0.2) is 8.78 Å². The van der Waals surface area contributed by atoms with E-state index in [0.717, 1.165) is 0 Å². The number of hydrogen-bond acceptors (Lipinski definition) is 1. The minimum Gasteiger partial charge on any atom is -0.321 e. The van der Waals surface area contributed by atoms with Gasteiger partial charge in [0.15, 0.2) is 5.82 Å². The van der Waals surface area contributed by atoms with Gasteiger partial charge >= 0.3 is 0 Å². The van der Waals surface area contributed by atoms with E-state index in [-0.39, 0.29) is 5.69 Å². The molecule has 4 heteroatoms. The number of nitrogens with one attached hydrogen (secondary N) is 1. The third-order valence-electron chi connectivity index (χ3n) is 1.13. The molecule has 0 saturated heterocycles. The molecule has 0 bridgehead atoms. The van der Waals surface area contributed by atoms with Gasteiger partial charge in [0, 0.05) is 6.07 Å². The van der Waals surface area contributed by atoms with Crippen LogP contribution >= 0.6 is 0 Å². The summed E-state index contributed by atoms with van der Waals surface area (Å²) in [7, 11) is 0. The summed E-state index contributed by atoms with van der Waals surface area (Å²) in [5.41, 5.74) is -0.842. The largest absolute Gasteiger partial charge is 0.321 e. The molecule has 1 N–H and O–H groups in total. The Morgan fingerprint density at radius 3 is 2.50 bits per heavy atom. The average Bonchev–Trinajstić information content (AvgIpc) is 1.84. The highest BCUT2D eigenvalue weighted by Gasteiger charge is 2.02. The minimum atomic E-state index is -1.09. The van der Waals surface area contributed by atoms with Gasteiger partial charge in [0.1, 0.15) is 5.82 Å². The van der Waals surface area contributed by atoms with Gasteiger partial charge in [-0.3, -0.25) is 4.79 Å². The van der Waals surface area contributed by atoms with Crippen LogP contribution in [0.15, 0.2) is 10.9 Å². The molecule has 0 aromatic carbocycles. The Labute approximate surface area is 55.5 Å². The summed E-state index contributed by atoms with van der Waals surface area (Å²) in [6.07, 6.45) is 0. The van der Waals surface area contributed by atoms with Crippen molar-refractivity contribution in [3.05, 3.63) is 33.7 Å². The Kier molecular flexibility index (Phi) is 1.53. The maximum absolute atomic E-state index is 12.3. The van der Waals surface area contributed by atoms with Crippen LogP contribution in [0.5, 0.6) is 0 Å². The molecule has 1 heterocycles. The van der Waals surface area contributed by atoms with E-state index < -0.39 is 17.2 Å². The lowest BCUT2D eigenvalue weighted by Crippen LogP contribution is -2.12. The molecular formula is C6H5F2NO. The number of aryl methyl sites for hydroxylation is 1. The van der Waals surface area contributed by atoms with Gasteiger partial charge in [0.2, 0.25) is 0 Å². The van der Waals surface area contributed by atoms with Gasteiger partial charge in [0.05, 0.1) is 5.69 Å². The fourth-order valence-electron chi connectivity index (χ4n) is 0.575. The number of pyridine rings is 1. The zero-order valence-electron chi connectivity index (χ0n) is 5.24. The fraction of sp³-hybridized carbons (Fsp3) is 0.167. The maximum Gasteiger partial charge on any atom is 0.284 e. The van der Waals surface area contributed by atoms with E-state index in [1.165, 1.54) is 6.92 Å². The van der Waals surface area contributed by atoms with Crippen LogP contribution in [0.3, 0.4) is 0 Å². The number of aromatic amines is 1. The average molecular weight is 145 g/mol. The standard InChI is InChI=1S/C6H5F2NO/c1-3-4(7)2-5(8)6(10)9-3/h2H,1H3,(H,9,10). The second-order valence-corrected chi connectivity index (χ2v) is 1.92. The van der Waals surface area contributed by atoms with E-state index in [0.29, 0.717) is 6.07 Å². The Bertz CT molecular complexity index is 305. The topological polar surface area (TPSA) is 32.9 Å². The molecule has 0 amide bonds. The van der Waals surface area contributed by atoms with E-state index in [9.17, 15) is 13.6 Å². The molecule has 2 nitrogen and oxygen atoms in total. The number of H-pyrrole nitrogens is 1. The smallest absolute Gasteiger partial charge is 0.284 e. The molecule has 0 saturated carbocycles. The van der Waals surface area contributed by atoms with Gasteiger partial charge < -0.3 is 4.98 Å². The van der Waals surface area contributed by atoms with Crippen LogP contribution in [-0.4, -0.2) is 4.98 Å². The number of hydrogen-bond donors (Lipinski definition) is 1. The van der Waals surface area contributed by atoms with Crippen LogP contribution in [0.25, 0.3) is 0 Å². The second kappa shape index (κ2) is 2.21. The molecule has 0 aliphatic heterocycles. The van der Waals surface area contributed by atoms with E-state index in [1.54, 1.807) is 0 Å². The predicted molar refractivity (Wildman–Crippen MR) is 31.7 cm³/mol. The Morgan fingerprint density at radius 2 is 2.00 bits per heavy atom. The fourth-order valence-corrected chi connectivity index (χ4v) is 0.575. The zero-order valence-corrected chi connectivity index (χ0v) is 5.24. The lowest BCUT2D eigenvalue weighted by atomic mass is 10.3. The molecule has 0 atom stereocenters. The molecule has 0 spiro atoms. The van der Waals surface area contributed by atoms with E-state index in [2.05, 4.69) is 0 Å². The van der Waals surface area contributed by atoms with Crippen LogP contribution in [0.2, 0.25) is 0 Å². The predicted octanol–water partition coefficient (Wildman–Crippen LogP) is 0.962. The first-order valence-electron chi connectivity index (χ1n) is 2.66. The monoisotopic (exact) mass is 145 g/mol. The molecule has 1 aromatic heterocycles. The van der Waals surface area contributed by atoms with Crippen molar-refractivity contribution < 1.29 is 8.78 Å². The SMILES string of the molecule is Cc1[nH]c(=O)c(F)cc1F. The molecule has 0 radical (unpaired) electrons. The maximum atomic E-state index is 12.3. The summed E-state index contributed by atoms with van der Waals surface area (Å²) in [5, 5.41) is 0. The van der Waals surface area contributed by atoms with Crippen molar-refractivity contribution >= 4 is 0 Å². The lowest BCUT2D eigenvalue weighted by Gasteiger charge is -1.93. The number of aromatic nitrogens is 1. The van der Waals surface area contributed by atoms with Gasteiger partial charge in [-0.05, 0) is 6.92 Å². The molecular weight excluding hydrogens is 140 g/mol. The first-order chi connectivity index (χ1) is 4.61. The van der Waals surface area contributed by atoms with Crippen molar-refractivity contribution in [1.82, 2.24) is 4.98 Å². The van der Waals surface area contributed by atoms with E-state index in [1.807, 2.05) is 4.98 Å². The quantitative estimate of drug-likeness (QED) is 0.579. The molecule has 10 heavy (non-hydrogen) atoms. The molecule has 0 fully saturated rings. The van der Waals surface area contributed by atoms with Crippen LogP contribution in [-0.2, 0) is 0 Å². The normalized spacial score (nSPS) is 9.90. The number of halogens is 2. The summed E-state index contributed by atoms with van der Waals surface area (Å²) < 4.78 is 24.5. The van der Waals surface area contributed by atoms with Gasteiger partial charge in [-0.15, -0.1) is 0 Å². The molecule has 54 valence electrons. The highest BCUT2D eigenvalue weighted by Crippen LogP contribution is 1.99. The molecule has 0 aliphatic rings. The van der Waals surface area contributed by atoms with E-state index >= 15 is 0 Å². The van der Waals surface area contributed by atoms with Crippen LogP contribution in [0.1, 0.15) is 5.69 Å². The van der Waals surface area contributed by atoms with Crippen molar-refractivity contribution in [2.75, 3.05) is 0 Å². The van der Waals surface area contributed by atoms with Crippen LogP contribution < -0.4 is 5.56 Å². The summed E-state index contributed by atoms with van der Waals surface area (Å²) in [6.45, 7) is 1.36. The first kappa shape index (κ1) is 6.92. The van der Waals surface area contributed by atoms with Crippen molar-refractivity contribution in [3.8, 4) is 0 Å². The Morgan fingerprint density at radius 1 is 1.40 bits per heavy atom. The first-order valence-corrected chi connectivity index (χ1v) is 2.66. The van der Waals surface area contributed by atoms with Crippen molar-refractivity contribution in [1.29, 1.82) is 0 Å². The molecule has 0 aliphatic carbocycles. The summed E-state index contributed by atoms with van der Waals surface area (Å²) in [5.74, 6) is -1.83. The van der Waals surface area contributed by atoms with E-state index in [4.69, 9.17) is 0 Å². The van der Waals surface area contributed by atoms with Crippen LogP contribution in [0.4, 0.5) is 8.78 Å². The summed E-state index contributed by atoms with van der Waals surface area (Å²) in [4.78, 5) is 12.4. The highest BCUT2D eigenvalue weighted by molar-refractivity contribution is 5.06. The van der Waals surface area contributed by atoms with Gasteiger partial charge in [-0.2, -0.15) is 0 Å². The number of rotatable bonds is 0. The van der Waals surface area contributed by atoms with Gasteiger partial charge in [0.25, 0.3) is 5.56 Å². The second-order valence-electron chi connectivity index (χ2n) is 1.92. The van der Waals surface area contributed by atoms with Crippen LogP contribution in [0, 0.1) is 18.6 Å². The summed E-state index contributed by atoms with van der Waals surface area (Å²) in [6, 6.07) is 0.564. The van der Waals surface area contributed by atoms with Crippen molar-refractivity contribution in [2.45, 2.75) is 6.92 Å². The molecule has 0 unspecified atom stereocenters. The summed E-state index contributed by atoms with van der Waals surface area (Å²) >= 11 is 0. The van der Waals surface area contributed by atoms with Crippen molar-refractivity contribution in [3.63, 3.8) is 0 Å². The lowest BCUT2D eigenvalue weighted by molar-refractivity contribution is 0.556. The zero-order chi connectivity index (χ0) is 7.72. The molecule has 1 aromatic rings.